The van der Waals surface area contributed by atoms with E-state index in [0.717, 1.165) is 0 Å². The molecule has 0 fully saturated rings. The molecule has 6 heteroatoms. The van der Waals surface area contributed by atoms with E-state index in [1.807, 2.05) is 6.07 Å². The third-order valence-electron chi connectivity index (χ3n) is 2.24. The summed E-state index contributed by atoms with van der Waals surface area (Å²) in [5, 5.41) is 12.6. The molecule has 0 spiro atoms. The minimum Gasteiger partial charge on any atom is -0.396 e. The molecule has 0 amide bonds. The summed E-state index contributed by atoms with van der Waals surface area (Å²) in [6, 6.07) is 8.51. The molecule has 0 atom stereocenters. The zero-order chi connectivity index (χ0) is 13.1. The van der Waals surface area contributed by atoms with E-state index in [1.165, 1.54) is 6.20 Å². The van der Waals surface area contributed by atoms with Crippen LogP contribution in [-0.2, 0) is 0 Å². The van der Waals surface area contributed by atoms with Gasteiger partial charge in [0.25, 0.3) is 0 Å². The van der Waals surface area contributed by atoms with Crippen molar-refractivity contribution in [3.8, 4) is 6.07 Å². The molecule has 0 aliphatic rings. The lowest BCUT2D eigenvalue weighted by molar-refractivity contribution is 1.31. The molecule has 4 nitrogen and oxygen atoms in total. The predicted octanol–water partition coefficient (Wildman–Crippen LogP) is 3.59. The summed E-state index contributed by atoms with van der Waals surface area (Å²) in [5.41, 5.74) is 7.30. The quantitative estimate of drug-likeness (QED) is 0.880. The van der Waals surface area contributed by atoms with E-state index in [1.54, 1.807) is 24.3 Å². The molecule has 1 aromatic carbocycles. The third-order valence-corrected chi connectivity index (χ3v) is 2.75. The Balaban J connectivity index is 2.32. The SMILES string of the molecule is N#Cc1ccc(Nc2ncc(Cl)cc2N)c(Cl)c1. The Morgan fingerprint density at radius 1 is 1.28 bits per heavy atom. The Morgan fingerprint density at radius 2 is 2.06 bits per heavy atom. The zero-order valence-electron chi connectivity index (χ0n) is 9.11. The normalized spacial score (nSPS) is 9.83. The number of nitriles is 1. The molecule has 0 saturated carbocycles. The molecular formula is C12H8Cl2N4. The number of aromatic nitrogens is 1. The van der Waals surface area contributed by atoms with E-state index in [4.69, 9.17) is 34.2 Å². The topological polar surface area (TPSA) is 74.7 Å². The van der Waals surface area contributed by atoms with Crippen molar-refractivity contribution < 1.29 is 0 Å². The summed E-state index contributed by atoms with van der Waals surface area (Å²) in [5.74, 6) is 0.464. The number of nitrogens with two attached hydrogens (primary N) is 1. The number of anilines is 3. The minimum absolute atomic E-state index is 0.419. The van der Waals surface area contributed by atoms with Crippen molar-refractivity contribution in [2.24, 2.45) is 0 Å². The van der Waals surface area contributed by atoms with Crippen molar-refractivity contribution >= 4 is 40.4 Å². The lowest BCUT2D eigenvalue weighted by Gasteiger charge is -2.10. The van der Waals surface area contributed by atoms with E-state index in [9.17, 15) is 0 Å². The Hall–Kier alpha value is -1.96. The first-order valence-corrected chi connectivity index (χ1v) is 5.73. The summed E-state index contributed by atoms with van der Waals surface area (Å²) >= 11 is 11.8. The number of hydrogen-bond acceptors (Lipinski definition) is 4. The highest BCUT2D eigenvalue weighted by Gasteiger charge is 2.06. The molecular weight excluding hydrogens is 271 g/mol. The van der Waals surface area contributed by atoms with Crippen molar-refractivity contribution in [2.45, 2.75) is 0 Å². The maximum absolute atomic E-state index is 8.74. The van der Waals surface area contributed by atoms with Crippen LogP contribution < -0.4 is 11.1 Å². The average Bonchev–Trinajstić information content (AvgIpc) is 2.34. The molecule has 0 unspecified atom stereocenters. The largest absolute Gasteiger partial charge is 0.396 e. The number of nitrogens with one attached hydrogen (secondary N) is 1. The van der Waals surface area contributed by atoms with E-state index >= 15 is 0 Å². The van der Waals surface area contributed by atoms with Crippen molar-refractivity contribution in [3.63, 3.8) is 0 Å². The second-order valence-corrected chi connectivity index (χ2v) is 4.37. The summed E-state index contributed by atoms with van der Waals surface area (Å²) in [6.07, 6.45) is 1.48. The summed E-state index contributed by atoms with van der Waals surface area (Å²) in [4.78, 5) is 4.07. The lowest BCUT2D eigenvalue weighted by Crippen LogP contribution is -1.99. The first-order chi connectivity index (χ1) is 8.60. The first kappa shape index (κ1) is 12.5. The number of pyridine rings is 1. The van der Waals surface area contributed by atoms with E-state index in [-0.39, 0.29) is 0 Å². The van der Waals surface area contributed by atoms with Gasteiger partial charge >= 0.3 is 0 Å². The fourth-order valence-electron chi connectivity index (χ4n) is 1.37. The molecule has 18 heavy (non-hydrogen) atoms. The van der Waals surface area contributed by atoms with E-state index in [0.29, 0.717) is 32.8 Å². The van der Waals surface area contributed by atoms with Gasteiger partial charge in [-0.15, -0.1) is 0 Å². The molecule has 2 rings (SSSR count). The van der Waals surface area contributed by atoms with Crippen LogP contribution in [0.5, 0.6) is 0 Å². The van der Waals surface area contributed by atoms with Gasteiger partial charge in [-0.05, 0) is 24.3 Å². The smallest absolute Gasteiger partial charge is 0.153 e. The van der Waals surface area contributed by atoms with Crippen molar-refractivity contribution in [1.82, 2.24) is 4.98 Å². The molecule has 1 heterocycles. The Labute approximate surface area is 114 Å². The van der Waals surface area contributed by atoms with Crippen LogP contribution in [0.3, 0.4) is 0 Å². The molecule has 0 aliphatic carbocycles. The molecule has 0 aliphatic heterocycles. The van der Waals surface area contributed by atoms with Gasteiger partial charge in [-0.25, -0.2) is 4.98 Å². The maximum Gasteiger partial charge on any atom is 0.153 e. The average molecular weight is 279 g/mol. The Morgan fingerprint density at radius 3 is 2.67 bits per heavy atom. The molecule has 3 N–H and O–H groups in total. The van der Waals surface area contributed by atoms with Gasteiger partial charge in [-0.1, -0.05) is 23.2 Å². The van der Waals surface area contributed by atoms with Crippen LogP contribution in [0.1, 0.15) is 5.56 Å². The first-order valence-electron chi connectivity index (χ1n) is 4.98. The van der Waals surface area contributed by atoms with Crippen LogP contribution in [0.2, 0.25) is 10.0 Å². The molecule has 0 radical (unpaired) electrons. The van der Waals surface area contributed by atoms with Gasteiger partial charge in [0, 0.05) is 6.20 Å². The molecule has 2 aromatic rings. The number of nitrogens with zero attached hydrogens (tertiary/aromatic N) is 2. The van der Waals surface area contributed by atoms with Gasteiger partial charge in [0.2, 0.25) is 0 Å². The highest BCUT2D eigenvalue weighted by Crippen LogP contribution is 2.28. The number of rotatable bonds is 2. The Kier molecular flexibility index (Phi) is 3.56. The second kappa shape index (κ2) is 5.13. The maximum atomic E-state index is 8.74. The summed E-state index contributed by atoms with van der Waals surface area (Å²) in [6.45, 7) is 0. The van der Waals surface area contributed by atoms with Gasteiger partial charge in [0.05, 0.1) is 33.1 Å². The fraction of sp³-hybridized carbons (Fsp3) is 0. The fourth-order valence-corrected chi connectivity index (χ4v) is 1.77. The predicted molar refractivity (Wildman–Crippen MR) is 73.1 cm³/mol. The van der Waals surface area contributed by atoms with Gasteiger partial charge < -0.3 is 11.1 Å². The number of benzene rings is 1. The van der Waals surface area contributed by atoms with Gasteiger partial charge in [0.1, 0.15) is 0 Å². The van der Waals surface area contributed by atoms with Crippen molar-refractivity contribution in [3.05, 3.63) is 46.1 Å². The van der Waals surface area contributed by atoms with Crippen LogP contribution in [0.25, 0.3) is 0 Å². The minimum atomic E-state index is 0.419. The van der Waals surface area contributed by atoms with Gasteiger partial charge in [-0.2, -0.15) is 5.26 Å². The molecule has 0 saturated heterocycles. The molecule has 90 valence electrons. The van der Waals surface area contributed by atoms with Crippen LogP contribution in [0, 0.1) is 11.3 Å². The van der Waals surface area contributed by atoms with Crippen molar-refractivity contribution in [1.29, 1.82) is 5.26 Å². The van der Waals surface area contributed by atoms with Crippen LogP contribution in [-0.4, -0.2) is 4.98 Å². The van der Waals surface area contributed by atoms with Crippen LogP contribution in [0.4, 0.5) is 17.2 Å². The Bertz CT molecular complexity index is 634. The van der Waals surface area contributed by atoms with Crippen LogP contribution in [0.15, 0.2) is 30.5 Å². The second-order valence-electron chi connectivity index (χ2n) is 3.52. The molecule has 0 bridgehead atoms. The summed E-state index contributed by atoms with van der Waals surface area (Å²) in [7, 11) is 0. The number of nitrogen functional groups attached to an aromatic ring is 1. The standard InChI is InChI=1S/C12H8Cl2N4/c13-8-4-10(16)12(17-6-8)18-11-2-1-7(5-15)3-9(11)14/h1-4,6H,16H2,(H,17,18). The zero-order valence-corrected chi connectivity index (χ0v) is 10.6. The lowest BCUT2D eigenvalue weighted by atomic mass is 10.2. The molecule has 1 aromatic heterocycles. The third kappa shape index (κ3) is 2.65. The van der Waals surface area contributed by atoms with E-state index < -0.39 is 0 Å². The van der Waals surface area contributed by atoms with Crippen molar-refractivity contribution in [2.75, 3.05) is 11.1 Å². The van der Waals surface area contributed by atoms with Gasteiger partial charge in [0.15, 0.2) is 5.82 Å². The highest BCUT2D eigenvalue weighted by molar-refractivity contribution is 6.33. The highest BCUT2D eigenvalue weighted by atomic mass is 35.5. The number of hydrogen-bond donors (Lipinski definition) is 2. The van der Waals surface area contributed by atoms with E-state index in [2.05, 4.69) is 10.3 Å². The van der Waals surface area contributed by atoms with Crippen LogP contribution >= 0.6 is 23.2 Å². The number of halogens is 2. The monoisotopic (exact) mass is 278 g/mol. The summed E-state index contributed by atoms with van der Waals surface area (Å²) < 4.78 is 0. The van der Waals surface area contributed by atoms with Gasteiger partial charge in [-0.3, -0.25) is 0 Å².